The molecule has 40 heavy (non-hydrogen) atoms. The summed E-state index contributed by atoms with van der Waals surface area (Å²) >= 11 is 0. The third-order valence-corrected chi connectivity index (χ3v) is 6.81. The molecule has 0 saturated carbocycles. The molecule has 0 radical (unpaired) electrons. The van der Waals surface area contributed by atoms with E-state index in [0.717, 1.165) is 67.6 Å². The number of aliphatic imine (C=N–C) groups is 2. The molecule has 5 heterocycles. The summed E-state index contributed by atoms with van der Waals surface area (Å²) in [6.07, 6.45) is 10.8. The van der Waals surface area contributed by atoms with Gasteiger partial charge in [-0.15, -0.1) is 0 Å². The smallest absolute Gasteiger partial charge is 0.0819 e. The number of hydrogen-bond donors (Lipinski definition) is 0. The minimum atomic E-state index is 0.825. The van der Waals surface area contributed by atoms with Gasteiger partial charge in [0.05, 0.1) is 34.2 Å². The van der Waals surface area contributed by atoms with E-state index in [1.165, 1.54) is 0 Å². The van der Waals surface area contributed by atoms with Crippen molar-refractivity contribution in [3.8, 4) is 22.5 Å². The Kier molecular flexibility index (Phi) is 6.03. The molecule has 6 heteroatoms. The van der Waals surface area contributed by atoms with E-state index in [0.29, 0.717) is 0 Å². The fourth-order valence-electron chi connectivity index (χ4n) is 4.80. The standard InChI is InChI=1S/C34H22N6/c1-3-7-31-27(5-1)33(25-9-11-29(37-21-25)23-13-17-35-18-14-23)40-32-8-4-2-6-28(32)34(39-31)26-10-12-30(38-22-26)24-15-19-36-20-16-24/h1-22H. The Labute approximate surface area is 231 Å². The van der Waals surface area contributed by atoms with Crippen molar-refractivity contribution in [3.05, 3.63) is 156 Å². The number of para-hydroxylation sites is 2. The van der Waals surface area contributed by atoms with Crippen molar-refractivity contribution in [2.75, 3.05) is 0 Å². The van der Waals surface area contributed by atoms with Gasteiger partial charge < -0.3 is 0 Å². The summed E-state index contributed by atoms with van der Waals surface area (Å²) in [5.41, 5.74) is 10.8. The molecule has 1 aliphatic rings. The Morgan fingerprint density at radius 3 is 1.20 bits per heavy atom. The quantitative estimate of drug-likeness (QED) is 0.248. The Bertz CT molecular complexity index is 1720. The summed E-state index contributed by atoms with van der Waals surface area (Å²) in [6, 6.07) is 32.2. The lowest BCUT2D eigenvalue weighted by Crippen LogP contribution is -2.10. The van der Waals surface area contributed by atoms with Crippen LogP contribution in [-0.4, -0.2) is 31.4 Å². The van der Waals surface area contributed by atoms with E-state index in [9.17, 15) is 0 Å². The van der Waals surface area contributed by atoms with E-state index < -0.39 is 0 Å². The zero-order valence-electron chi connectivity index (χ0n) is 21.4. The molecule has 6 aromatic rings. The third kappa shape index (κ3) is 4.48. The largest absolute Gasteiger partial charge is 0.265 e. The van der Waals surface area contributed by atoms with Crippen LogP contribution in [0.1, 0.15) is 22.3 Å². The van der Waals surface area contributed by atoms with Crippen LogP contribution in [0.25, 0.3) is 22.5 Å². The van der Waals surface area contributed by atoms with Gasteiger partial charge in [0.15, 0.2) is 0 Å². The average molecular weight is 515 g/mol. The molecule has 0 aliphatic carbocycles. The van der Waals surface area contributed by atoms with Crippen molar-refractivity contribution in [1.29, 1.82) is 0 Å². The zero-order valence-corrected chi connectivity index (χ0v) is 21.4. The molecule has 0 unspecified atom stereocenters. The van der Waals surface area contributed by atoms with Crippen LogP contribution in [0.5, 0.6) is 0 Å². The van der Waals surface area contributed by atoms with Gasteiger partial charge in [-0.1, -0.05) is 36.4 Å². The van der Waals surface area contributed by atoms with Crippen LogP contribution in [-0.2, 0) is 0 Å². The monoisotopic (exact) mass is 514 g/mol. The lowest BCUT2D eigenvalue weighted by molar-refractivity contribution is 1.27. The molecular formula is C34H22N6. The summed E-state index contributed by atoms with van der Waals surface area (Å²) in [7, 11) is 0. The second-order valence-electron chi connectivity index (χ2n) is 9.29. The Balaban J connectivity index is 1.34. The van der Waals surface area contributed by atoms with Gasteiger partial charge >= 0.3 is 0 Å². The Morgan fingerprint density at radius 2 is 0.800 bits per heavy atom. The van der Waals surface area contributed by atoms with Gasteiger partial charge in [-0.05, 0) is 60.7 Å². The summed E-state index contributed by atoms with van der Waals surface area (Å²) in [5.74, 6) is 0. The van der Waals surface area contributed by atoms with Gasteiger partial charge in [0.2, 0.25) is 0 Å². The predicted molar refractivity (Wildman–Crippen MR) is 158 cm³/mol. The van der Waals surface area contributed by atoms with E-state index in [1.54, 1.807) is 24.8 Å². The maximum Gasteiger partial charge on any atom is 0.0819 e. The van der Waals surface area contributed by atoms with E-state index in [-0.39, 0.29) is 0 Å². The van der Waals surface area contributed by atoms with Gasteiger partial charge in [-0.3, -0.25) is 19.9 Å². The topological polar surface area (TPSA) is 76.3 Å². The van der Waals surface area contributed by atoms with Gasteiger partial charge in [-0.25, -0.2) is 9.98 Å². The van der Waals surface area contributed by atoms with Crippen molar-refractivity contribution in [3.63, 3.8) is 0 Å². The van der Waals surface area contributed by atoms with Crippen molar-refractivity contribution in [2.45, 2.75) is 0 Å². The average Bonchev–Trinajstić information content (AvgIpc) is 3.03. The molecule has 0 amide bonds. The van der Waals surface area contributed by atoms with Crippen LogP contribution in [0.15, 0.2) is 144 Å². The molecule has 4 aromatic heterocycles. The molecule has 188 valence electrons. The molecule has 0 spiro atoms. The highest BCUT2D eigenvalue weighted by molar-refractivity contribution is 6.22. The summed E-state index contributed by atoms with van der Waals surface area (Å²) in [6.45, 7) is 0. The minimum absolute atomic E-state index is 0.825. The fraction of sp³-hybridized carbons (Fsp3) is 0. The van der Waals surface area contributed by atoms with Gasteiger partial charge in [0.1, 0.15) is 0 Å². The first kappa shape index (κ1) is 23.5. The highest BCUT2D eigenvalue weighted by Crippen LogP contribution is 2.33. The second-order valence-corrected chi connectivity index (χ2v) is 9.29. The number of rotatable bonds is 4. The molecule has 0 atom stereocenters. The van der Waals surface area contributed by atoms with E-state index in [4.69, 9.17) is 20.0 Å². The molecule has 0 N–H and O–H groups in total. The highest BCUT2D eigenvalue weighted by atomic mass is 14.8. The number of nitrogens with zero attached hydrogens (tertiary/aromatic N) is 6. The normalized spacial score (nSPS) is 12.3. The van der Waals surface area contributed by atoms with Gasteiger partial charge in [-0.2, -0.15) is 0 Å². The first-order valence-electron chi connectivity index (χ1n) is 12.9. The predicted octanol–water partition coefficient (Wildman–Crippen LogP) is 7.25. The summed E-state index contributed by atoms with van der Waals surface area (Å²) in [4.78, 5) is 28.1. The Morgan fingerprint density at radius 1 is 0.375 bits per heavy atom. The maximum absolute atomic E-state index is 5.21. The number of aromatic nitrogens is 4. The Hall–Kier alpha value is -5.62. The van der Waals surface area contributed by atoms with Crippen molar-refractivity contribution in [1.82, 2.24) is 19.9 Å². The molecular weight excluding hydrogens is 492 g/mol. The van der Waals surface area contributed by atoms with Crippen molar-refractivity contribution >= 4 is 22.8 Å². The highest BCUT2D eigenvalue weighted by Gasteiger charge is 2.20. The SMILES string of the molecule is c1ccc2c(c1)N=C(c1ccc(-c3ccncc3)nc1)c1ccccc1N=C2c1ccc(-c2ccncc2)nc1. The summed E-state index contributed by atoms with van der Waals surface area (Å²) < 4.78 is 0. The van der Waals surface area contributed by atoms with Crippen LogP contribution < -0.4 is 0 Å². The van der Waals surface area contributed by atoms with Crippen LogP contribution in [0, 0.1) is 0 Å². The first-order chi connectivity index (χ1) is 19.8. The number of hydrogen-bond acceptors (Lipinski definition) is 6. The molecule has 0 fully saturated rings. The third-order valence-electron chi connectivity index (χ3n) is 6.81. The lowest BCUT2D eigenvalue weighted by atomic mass is 9.96. The van der Waals surface area contributed by atoms with Crippen LogP contribution >= 0.6 is 0 Å². The number of fused-ring (bicyclic) bond motifs is 2. The number of benzene rings is 2. The molecule has 6 nitrogen and oxygen atoms in total. The van der Waals surface area contributed by atoms with E-state index >= 15 is 0 Å². The molecule has 1 aliphatic heterocycles. The molecule has 7 rings (SSSR count). The van der Waals surface area contributed by atoms with Crippen LogP contribution in [0.2, 0.25) is 0 Å². The van der Waals surface area contributed by atoms with E-state index in [2.05, 4.69) is 34.2 Å². The van der Waals surface area contributed by atoms with Gasteiger partial charge in [0, 0.05) is 70.6 Å². The molecule has 0 saturated heterocycles. The van der Waals surface area contributed by atoms with Crippen LogP contribution in [0.4, 0.5) is 11.4 Å². The van der Waals surface area contributed by atoms with E-state index in [1.807, 2.05) is 85.2 Å². The van der Waals surface area contributed by atoms with Crippen molar-refractivity contribution in [2.24, 2.45) is 9.98 Å². The first-order valence-corrected chi connectivity index (χ1v) is 12.9. The molecule has 2 aromatic carbocycles. The number of pyridine rings is 4. The summed E-state index contributed by atoms with van der Waals surface area (Å²) in [5, 5.41) is 0. The molecule has 0 bridgehead atoms. The minimum Gasteiger partial charge on any atom is -0.265 e. The second kappa shape index (κ2) is 10.3. The fourth-order valence-corrected chi connectivity index (χ4v) is 4.80. The lowest BCUT2D eigenvalue weighted by Gasteiger charge is -2.18. The van der Waals surface area contributed by atoms with Gasteiger partial charge in [0.25, 0.3) is 0 Å². The maximum atomic E-state index is 5.21. The van der Waals surface area contributed by atoms with Crippen molar-refractivity contribution < 1.29 is 0 Å². The van der Waals surface area contributed by atoms with Crippen LogP contribution in [0.3, 0.4) is 0 Å². The zero-order chi connectivity index (χ0) is 26.7.